The van der Waals surface area contributed by atoms with E-state index < -0.39 is 0 Å². The van der Waals surface area contributed by atoms with Crippen molar-refractivity contribution in [2.45, 2.75) is 26.3 Å². The van der Waals surface area contributed by atoms with Gasteiger partial charge in [0.15, 0.2) is 0 Å². The molecule has 0 aliphatic rings. The molecule has 2 aromatic rings. The lowest BCUT2D eigenvalue weighted by molar-refractivity contribution is 0.678. The number of rotatable bonds is 2. The van der Waals surface area contributed by atoms with E-state index in [1.165, 1.54) is 11.1 Å². The smallest absolute Gasteiger partial charge is 0.111 e. The van der Waals surface area contributed by atoms with Crippen molar-refractivity contribution in [2.24, 2.45) is 12.8 Å². The van der Waals surface area contributed by atoms with Gasteiger partial charge in [-0.3, -0.25) is 0 Å². The Hall–Kier alpha value is -1.35. The molecule has 2 rings (SSSR count). The van der Waals surface area contributed by atoms with Crippen LogP contribution in [-0.2, 0) is 13.5 Å². The molecule has 80 valence electrons. The van der Waals surface area contributed by atoms with E-state index in [9.17, 15) is 0 Å². The summed E-state index contributed by atoms with van der Waals surface area (Å²) >= 11 is 0. The van der Waals surface area contributed by atoms with Gasteiger partial charge in [0.25, 0.3) is 0 Å². The quantitative estimate of drug-likeness (QED) is 0.808. The number of hydrogen-bond donors (Lipinski definition) is 1. The minimum absolute atomic E-state index is 0.154. The molecule has 1 unspecified atom stereocenters. The van der Waals surface area contributed by atoms with E-state index in [2.05, 4.69) is 34.7 Å². The first-order chi connectivity index (χ1) is 7.08. The molecule has 0 spiro atoms. The topological polar surface area (TPSA) is 43.8 Å². The van der Waals surface area contributed by atoms with Gasteiger partial charge < -0.3 is 10.3 Å². The largest absolute Gasteiger partial charge is 0.331 e. The van der Waals surface area contributed by atoms with Crippen LogP contribution in [0.3, 0.4) is 0 Å². The van der Waals surface area contributed by atoms with Crippen molar-refractivity contribution in [2.75, 3.05) is 0 Å². The van der Waals surface area contributed by atoms with Gasteiger partial charge in [-0.2, -0.15) is 0 Å². The van der Waals surface area contributed by atoms with Gasteiger partial charge in [0.2, 0.25) is 0 Å². The van der Waals surface area contributed by atoms with Crippen molar-refractivity contribution in [1.82, 2.24) is 9.55 Å². The predicted molar refractivity (Wildman–Crippen MR) is 62.8 cm³/mol. The number of nitrogens with zero attached hydrogens (tertiary/aromatic N) is 2. The van der Waals surface area contributed by atoms with Gasteiger partial charge in [0.1, 0.15) is 5.82 Å². The van der Waals surface area contributed by atoms with Crippen molar-refractivity contribution in [3.8, 4) is 0 Å². The number of imidazole rings is 1. The van der Waals surface area contributed by atoms with Crippen molar-refractivity contribution >= 4 is 11.0 Å². The number of aromatic nitrogens is 2. The van der Waals surface area contributed by atoms with Crippen molar-refractivity contribution in [3.63, 3.8) is 0 Å². The Kier molecular flexibility index (Phi) is 2.49. The maximum Gasteiger partial charge on any atom is 0.111 e. The Bertz CT molecular complexity index is 483. The van der Waals surface area contributed by atoms with Gasteiger partial charge in [0, 0.05) is 19.5 Å². The average Bonchev–Trinajstić information content (AvgIpc) is 2.44. The average molecular weight is 203 g/mol. The Morgan fingerprint density at radius 3 is 2.87 bits per heavy atom. The van der Waals surface area contributed by atoms with Crippen molar-refractivity contribution in [3.05, 3.63) is 29.6 Å². The van der Waals surface area contributed by atoms with E-state index >= 15 is 0 Å². The number of benzene rings is 1. The molecule has 3 heteroatoms. The molecule has 1 atom stereocenters. The zero-order chi connectivity index (χ0) is 11.0. The highest BCUT2D eigenvalue weighted by molar-refractivity contribution is 5.76. The lowest BCUT2D eigenvalue weighted by Crippen LogP contribution is -2.19. The van der Waals surface area contributed by atoms with Crippen molar-refractivity contribution in [1.29, 1.82) is 0 Å². The van der Waals surface area contributed by atoms with E-state index in [1.807, 2.05) is 14.0 Å². The SMILES string of the molecule is Cc1ccc2nc(CC(C)N)n(C)c2c1. The third-order valence-electron chi connectivity index (χ3n) is 2.63. The monoisotopic (exact) mass is 203 g/mol. The van der Waals surface area contributed by atoms with Crippen LogP contribution in [0.15, 0.2) is 18.2 Å². The Morgan fingerprint density at radius 2 is 2.20 bits per heavy atom. The molecule has 1 heterocycles. The predicted octanol–water partition coefficient (Wildman–Crippen LogP) is 1.77. The number of hydrogen-bond acceptors (Lipinski definition) is 2. The molecule has 0 bridgehead atoms. The highest BCUT2D eigenvalue weighted by Gasteiger charge is 2.08. The fourth-order valence-corrected chi connectivity index (χ4v) is 1.82. The third kappa shape index (κ3) is 1.88. The lowest BCUT2D eigenvalue weighted by atomic mass is 10.2. The summed E-state index contributed by atoms with van der Waals surface area (Å²) in [6.45, 7) is 4.10. The van der Waals surface area contributed by atoms with Crippen LogP contribution in [0.5, 0.6) is 0 Å². The summed E-state index contributed by atoms with van der Waals surface area (Å²) in [6.07, 6.45) is 0.824. The van der Waals surface area contributed by atoms with Gasteiger partial charge in [0.05, 0.1) is 11.0 Å². The second-order valence-electron chi connectivity index (χ2n) is 4.26. The lowest BCUT2D eigenvalue weighted by Gasteiger charge is -2.04. The minimum Gasteiger partial charge on any atom is -0.331 e. The van der Waals surface area contributed by atoms with E-state index in [4.69, 9.17) is 5.73 Å². The van der Waals surface area contributed by atoms with Crippen LogP contribution >= 0.6 is 0 Å². The van der Waals surface area contributed by atoms with Crippen LogP contribution in [0.2, 0.25) is 0 Å². The van der Waals surface area contributed by atoms with Crippen LogP contribution in [0.25, 0.3) is 11.0 Å². The first-order valence-electron chi connectivity index (χ1n) is 5.25. The van der Waals surface area contributed by atoms with E-state index in [0.29, 0.717) is 0 Å². The number of nitrogens with two attached hydrogens (primary N) is 1. The molecular weight excluding hydrogens is 186 g/mol. The minimum atomic E-state index is 0.154. The first kappa shape index (κ1) is 10.2. The summed E-state index contributed by atoms with van der Waals surface area (Å²) in [7, 11) is 2.05. The summed E-state index contributed by atoms with van der Waals surface area (Å²) in [5.41, 5.74) is 9.29. The van der Waals surface area contributed by atoms with E-state index in [1.54, 1.807) is 0 Å². The van der Waals surface area contributed by atoms with Crippen LogP contribution in [0.1, 0.15) is 18.3 Å². The van der Waals surface area contributed by atoms with Gasteiger partial charge in [-0.25, -0.2) is 4.98 Å². The normalized spacial score (nSPS) is 13.3. The molecule has 0 aliphatic carbocycles. The molecule has 0 amide bonds. The van der Waals surface area contributed by atoms with Gasteiger partial charge in [-0.15, -0.1) is 0 Å². The van der Waals surface area contributed by atoms with Gasteiger partial charge in [-0.1, -0.05) is 6.07 Å². The molecule has 3 nitrogen and oxygen atoms in total. The zero-order valence-corrected chi connectivity index (χ0v) is 9.49. The molecule has 0 saturated heterocycles. The summed E-state index contributed by atoms with van der Waals surface area (Å²) in [5.74, 6) is 1.06. The van der Waals surface area contributed by atoms with Crippen LogP contribution in [-0.4, -0.2) is 15.6 Å². The van der Waals surface area contributed by atoms with E-state index in [-0.39, 0.29) is 6.04 Å². The molecule has 0 radical (unpaired) electrons. The number of aryl methyl sites for hydroxylation is 2. The number of fused-ring (bicyclic) bond motifs is 1. The summed E-state index contributed by atoms with van der Waals surface area (Å²) in [4.78, 5) is 4.58. The standard InChI is InChI=1S/C12H17N3/c1-8-4-5-10-11(6-8)15(3)12(14-10)7-9(2)13/h4-6,9H,7,13H2,1-3H3. The summed E-state index contributed by atoms with van der Waals surface area (Å²) in [5, 5.41) is 0. The van der Waals surface area contributed by atoms with E-state index in [0.717, 1.165) is 17.8 Å². The maximum atomic E-state index is 5.79. The van der Waals surface area contributed by atoms with Crippen LogP contribution < -0.4 is 5.73 Å². The molecule has 15 heavy (non-hydrogen) atoms. The Morgan fingerprint density at radius 1 is 1.47 bits per heavy atom. The zero-order valence-electron chi connectivity index (χ0n) is 9.49. The Labute approximate surface area is 89.9 Å². The van der Waals surface area contributed by atoms with Crippen LogP contribution in [0, 0.1) is 6.92 Å². The first-order valence-corrected chi connectivity index (χ1v) is 5.25. The van der Waals surface area contributed by atoms with Gasteiger partial charge in [-0.05, 0) is 31.5 Å². The third-order valence-corrected chi connectivity index (χ3v) is 2.63. The summed E-state index contributed by atoms with van der Waals surface area (Å²) < 4.78 is 2.13. The summed E-state index contributed by atoms with van der Waals surface area (Å²) in [6, 6.07) is 6.47. The maximum absolute atomic E-state index is 5.79. The second-order valence-corrected chi connectivity index (χ2v) is 4.26. The molecule has 0 aliphatic heterocycles. The fourth-order valence-electron chi connectivity index (χ4n) is 1.82. The highest BCUT2D eigenvalue weighted by atomic mass is 15.1. The van der Waals surface area contributed by atoms with Crippen LogP contribution in [0.4, 0.5) is 0 Å². The Balaban J connectivity index is 2.54. The molecule has 1 aromatic heterocycles. The van der Waals surface area contributed by atoms with Crippen molar-refractivity contribution < 1.29 is 0 Å². The second kappa shape index (κ2) is 3.66. The fraction of sp³-hybridized carbons (Fsp3) is 0.417. The molecule has 0 fully saturated rings. The molecular formula is C12H17N3. The molecule has 2 N–H and O–H groups in total. The van der Waals surface area contributed by atoms with Gasteiger partial charge >= 0.3 is 0 Å². The molecule has 1 aromatic carbocycles. The highest BCUT2D eigenvalue weighted by Crippen LogP contribution is 2.17. The molecule has 0 saturated carbocycles.